The predicted octanol–water partition coefficient (Wildman–Crippen LogP) is 4.62. The Hall–Kier alpha value is -0.950. The molecule has 4 fully saturated rings. The van der Waals surface area contributed by atoms with Crippen LogP contribution in [0.25, 0.3) is 0 Å². The summed E-state index contributed by atoms with van der Waals surface area (Å²) in [6.45, 7) is 18.7. The summed E-state index contributed by atoms with van der Waals surface area (Å²) in [4.78, 5) is 12.0. The topological polar surface area (TPSA) is 107 Å². The molecule has 13 unspecified atom stereocenters. The summed E-state index contributed by atoms with van der Waals surface area (Å²) >= 11 is 0. The first-order valence-electron chi connectivity index (χ1n) is 14.9. The van der Waals surface area contributed by atoms with Crippen LogP contribution in [-0.2, 0) is 9.53 Å². The second kappa shape index (κ2) is 8.30. The van der Waals surface area contributed by atoms with Crippen LogP contribution in [0, 0.1) is 50.7 Å². The van der Waals surface area contributed by atoms with Crippen LogP contribution in [0.5, 0.6) is 0 Å². The maximum absolute atomic E-state index is 12.1. The molecule has 4 saturated carbocycles. The molecule has 0 aromatic rings. The highest BCUT2D eigenvalue weighted by atomic mass is 16.6. The SMILES string of the molecule is CC(=O)OC1C(O)C(O)C2(C)C(CCC3(C)C2C(O)C=C2C4C(C)C(C)(O)CCC4(C)CCC23C)C1(C)C. The number of hydrogen-bond acceptors (Lipinski definition) is 6. The Morgan fingerprint density at radius 3 is 2.16 bits per heavy atom. The number of aliphatic hydroxyl groups excluding tert-OH is 3. The molecule has 0 radical (unpaired) electrons. The Kier molecular flexibility index (Phi) is 6.24. The number of allylic oxidation sites excluding steroid dienone is 1. The van der Waals surface area contributed by atoms with Gasteiger partial charge in [-0.15, -0.1) is 0 Å². The molecule has 0 aliphatic heterocycles. The lowest BCUT2D eigenvalue weighted by Gasteiger charge is -2.73. The van der Waals surface area contributed by atoms with Gasteiger partial charge in [0.25, 0.3) is 0 Å². The Balaban J connectivity index is 1.65. The van der Waals surface area contributed by atoms with Gasteiger partial charge in [0.15, 0.2) is 0 Å². The van der Waals surface area contributed by atoms with Crippen molar-refractivity contribution in [2.45, 2.75) is 131 Å². The molecule has 0 aromatic heterocycles. The highest BCUT2D eigenvalue weighted by Crippen LogP contribution is 2.75. The molecule has 38 heavy (non-hydrogen) atoms. The number of carbonyl (C=O) groups is 1. The van der Waals surface area contributed by atoms with Crippen molar-refractivity contribution in [3.8, 4) is 0 Å². The van der Waals surface area contributed by atoms with Crippen LogP contribution in [-0.4, -0.2) is 56.4 Å². The van der Waals surface area contributed by atoms with E-state index < -0.39 is 46.8 Å². The average molecular weight is 533 g/mol. The molecule has 5 rings (SSSR count). The van der Waals surface area contributed by atoms with E-state index in [2.05, 4.69) is 40.7 Å². The number of rotatable bonds is 1. The molecular formula is C32H52O6. The van der Waals surface area contributed by atoms with Crippen molar-refractivity contribution in [1.82, 2.24) is 0 Å². The van der Waals surface area contributed by atoms with E-state index >= 15 is 0 Å². The van der Waals surface area contributed by atoms with Gasteiger partial charge in [-0.1, -0.05) is 60.1 Å². The van der Waals surface area contributed by atoms with Crippen LogP contribution in [0.15, 0.2) is 11.6 Å². The van der Waals surface area contributed by atoms with E-state index in [0.29, 0.717) is 0 Å². The maximum Gasteiger partial charge on any atom is 0.303 e. The van der Waals surface area contributed by atoms with E-state index in [1.807, 2.05) is 20.8 Å². The monoisotopic (exact) mass is 532 g/mol. The number of aliphatic hydroxyl groups is 4. The fourth-order valence-corrected chi connectivity index (χ4v) is 11.3. The summed E-state index contributed by atoms with van der Waals surface area (Å²) in [6, 6.07) is 0. The van der Waals surface area contributed by atoms with Crippen LogP contribution < -0.4 is 0 Å². The quantitative estimate of drug-likeness (QED) is 0.290. The molecule has 0 amide bonds. The first kappa shape index (κ1) is 28.6. The lowest BCUT2D eigenvalue weighted by atomic mass is 9.32. The summed E-state index contributed by atoms with van der Waals surface area (Å²) in [5, 5.41) is 46.7. The molecular weight excluding hydrogens is 480 g/mol. The number of carbonyl (C=O) groups excluding carboxylic acids is 1. The van der Waals surface area contributed by atoms with E-state index in [-0.39, 0.29) is 39.9 Å². The number of esters is 1. The molecule has 0 spiro atoms. The van der Waals surface area contributed by atoms with Crippen LogP contribution >= 0.6 is 0 Å². The third kappa shape index (κ3) is 3.36. The summed E-state index contributed by atoms with van der Waals surface area (Å²) in [7, 11) is 0. The van der Waals surface area contributed by atoms with Crippen molar-refractivity contribution in [3.63, 3.8) is 0 Å². The van der Waals surface area contributed by atoms with Crippen LogP contribution in [0.4, 0.5) is 0 Å². The Labute approximate surface area is 229 Å². The molecule has 0 bridgehead atoms. The molecule has 6 heteroatoms. The van der Waals surface area contributed by atoms with Crippen molar-refractivity contribution >= 4 is 5.97 Å². The maximum atomic E-state index is 12.1. The minimum absolute atomic E-state index is 0.0489. The van der Waals surface area contributed by atoms with Gasteiger partial charge in [0.1, 0.15) is 12.2 Å². The van der Waals surface area contributed by atoms with Gasteiger partial charge in [-0.2, -0.15) is 0 Å². The largest absolute Gasteiger partial charge is 0.459 e. The van der Waals surface area contributed by atoms with Gasteiger partial charge in [-0.3, -0.25) is 4.79 Å². The van der Waals surface area contributed by atoms with Crippen molar-refractivity contribution in [2.24, 2.45) is 50.7 Å². The molecule has 4 N–H and O–H groups in total. The van der Waals surface area contributed by atoms with Crippen LogP contribution in [0.3, 0.4) is 0 Å². The molecule has 5 aliphatic carbocycles. The lowest BCUT2D eigenvalue weighted by molar-refractivity contribution is -0.293. The molecule has 0 saturated heterocycles. The van der Waals surface area contributed by atoms with Crippen molar-refractivity contribution < 1.29 is 30.0 Å². The minimum Gasteiger partial charge on any atom is -0.459 e. The van der Waals surface area contributed by atoms with Crippen LogP contribution in [0.1, 0.15) is 101 Å². The van der Waals surface area contributed by atoms with Crippen LogP contribution in [0.2, 0.25) is 0 Å². The smallest absolute Gasteiger partial charge is 0.303 e. The molecule has 6 nitrogen and oxygen atoms in total. The number of hydrogen-bond donors (Lipinski definition) is 4. The predicted molar refractivity (Wildman–Crippen MR) is 146 cm³/mol. The summed E-state index contributed by atoms with van der Waals surface area (Å²) in [5.41, 5.74) is -1.20. The fourth-order valence-electron chi connectivity index (χ4n) is 11.3. The van der Waals surface area contributed by atoms with Crippen molar-refractivity contribution in [2.75, 3.05) is 0 Å². The van der Waals surface area contributed by atoms with E-state index in [4.69, 9.17) is 4.74 Å². The fraction of sp³-hybridized carbons (Fsp3) is 0.906. The van der Waals surface area contributed by atoms with Gasteiger partial charge in [0.05, 0.1) is 17.8 Å². The van der Waals surface area contributed by atoms with E-state index in [1.165, 1.54) is 12.5 Å². The summed E-state index contributed by atoms with van der Waals surface area (Å²) in [6.07, 6.45) is 3.74. The second-order valence-electron chi connectivity index (χ2n) is 15.9. The van der Waals surface area contributed by atoms with Gasteiger partial charge >= 0.3 is 5.97 Å². The number of fused-ring (bicyclic) bond motifs is 7. The summed E-state index contributed by atoms with van der Waals surface area (Å²) in [5.74, 6) is -0.508. The normalized spacial score (nSPS) is 57.4. The Morgan fingerprint density at radius 2 is 1.55 bits per heavy atom. The Bertz CT molecular complexity index is 1030. The first-order chi connectivity index (χ1) is 17.3. The van der Waals surface area contributed by atoms with E-state index in [9.17, 15) is 25.2 Å². The van der Waals surface area contributed by atoms with Gasteiger partial charge in [0, 0.05) is 23.7 Å². The van der Waals surface area contributed by atoms with Gasteiger partial charge in [0.2, 0.25) is 0 Å². The zero-order chi connectivity index (χ0) is 28.4. The molecule has 5 aliphatic rings. The number of ether oxygens (including phenoxy) is 1. The Morgan fingerprint density at radius 1 is 0.947 bits per heavy atom. The molecule has 0 heterocycles. The lowest BCUT2D eigenvalue weighted by Crippen LogP contribution is -2.74. The zero-order valence-electron chi connectivity index (χ0n) is 25.0. The summed E-state index contributed by atoms with van der Waals surface area (Å²) < 4.78 is 5.63. The molecule has 13 atom stereocenters. The molecule has 0 aromatic carbocycles. The van der Waals surface area contributed by atoms with Gasteiger partial charge in [-0.25, -0.2) is 0 Å². The van der Waals surface area contributed by atoms with Gasteiger partial charge < -0.3 is 25.2 Å². The van der Waals surface area contributed by atoms with Crippen molar-refractivity contribution in [1.29, 1.82) is 0 Å². The minimum atomic E-state index is -1.23. The molecule has 216 valence electrons. The zero-order valence-corrected chi connectivity index (χ0v) is 25.0. The average Bonchev–Trinajstić information content (AvgIpc) is 2.80. The third-order valence-electron chi connectivity index (χ3n) is 13.8. The van der Waals surface area contributed by atoms with Crippen molar-refractivity contribution in [3.05, 3.63) is 11.6 Å². The van der Waals surface area contributed by atoms with E-state index in [0.717, 1.165) is 38.5 Å². The second-order valence-corrected chi connectivity index (χ2v) is 15.9. The third-order valence-corrected chi connectivity index (χ3v) is 13.8. The first-order valence-corrected chi connectivity index (χ1v) is 14.9. The standard InChI is InChI=1S/C32H52O6/c1-17-22-19-16-20(34)24-30(7,29(19,6)14-12-28(22,5)13-15-31(17,8)37)11-10-21-27(3,4)26(38-18(2)33)23(35)25(36)32(21,24)9/h16-17,20-26,34-37H,10-15H2,1-9H3. The van der Waals surface area contributed by atoms with E-state index in [1.54, 1.807) is 0 Å². The highest BCUT2D eigenvalue weighted by molar-refractivity contribution is 5.66. The van der Waals surface area contributed by atoms with Gasteiger partial charge in [-0.05, 0) is 79.4 Å². The highest BCUT2D eigenvalue weighted by Gasteiger charge is 2.73.